The van der Waals surface area contributed by atoms with Crippen molar-refractivity contribution in [1.82, 2.24) is 10.6 Å². The van der Waals surface area contributed by atoms with Crippen LogP contribution in [0.5, 0.6) is 0 Å². The van der Waals surface area contributed by atoms with Gasteiger partial charge in [-0.1, -0.05) is 27.2 Å². The molecule has 0 radical (unpaired) electrons. The van der Waals surface area contributed by atoms with Gasteiger partial charge in [-0.25, -0.2) is 4.79 Å². The molecule has 0 aliphatic heterocycles. The van der Waals surface area contributed by atoms with Crippen molar-refractivity contribution in [3.05, 3.63) is 0 Å². The maximum atomic E-state index is 11.7. The summed E-state index contributed by atoms with van der Waals surface area (Å²) in [4.78, 5) is 23.3. The van der Waals surface area contributed by atoms with Crippen LogP contribution in [0.1, 0.15) is 59.8 Å². The molecule has 0 bridgehead atoms. The Hall–Kier alpha value is -1.70. The lowest BCUT2D eigenvalue weighted by atomic mass is 10.1. The predicted molar refractivity (Wildman–Crippen MR) is 99.9 cm³/mol. The standard InChI is InChI=1S/C20H34N2O3/c1-5-7-8-9-17-16(6-2)18(17)14-25-20(24)22-13-12-21-19(23)11-10-15(3)4/h15-18H,6,8-14H2,1-4H3,(H,21,23)(H,22,24)/t16?,17?,18-/m1/s1. The highest BCUT2D eigenvalue weighted by molar-refractivity contribution is 5.75. The third-order valence-corrected chi connectivity index (χ3v) is 4.83. The van der Waals surface area contributed by atoms with Crippen LogP contribution in [0.2, 0.25) is 0 Å². The molecule has 0 spiro atoms. The summed E-state index contributed by atoms with van der Waals surface area (Å²) in [6.45, 7) is 9.54. The number of carbonyl (C=O) groups is 2. The van der Waals surface area contributed by atoms with E-state index in [1.54, 1.807) is 0 Å². The van der Waals surface area contributed by atoms with Crippen molar-refractivity contribution in [3.8, 4) is 11.8 Å². The first-order valence-corrected chi connectivity index (χ1v) is 9.56. The van der Waals surface area contributed by atoms with Crippen LogP contribution >= 0.6 is 0 Å². The topological polar surface area (TPSA) is 67.4 Å². The van der Waals surface area contributed by atoms with Crippen molar-refractivity contribution in [2.45, 2.75) is 59.8 Å². The SMILES string of the molecule is CC#CCCC1C(CC)[C@H]1COC(=O)NCCNC(=O)CCC(C)C. The van der Waals surface area contributed by atoms with Crippen LogP contribution < -0.4 is 10.6 Å². The van der Waals surface area contributed by atoms with Gasteiger partial charge in [0.2, 0.25) is 5.91 Å². The molecule has 2 N–H and O–H groups in total. The van der Waals surface area contributed by atoms with E-state index in [0.717, 1.165) is 25.7 Å². The zero-order valence-electron chi connectivity index (χ0n) is 16.2. The molecule has 25 heavy (non-hydrogen) atoms. The number of nitrogens with one attached hydrogen (secondary N) is 2. The minimum absolute atomic E-state index is 0.0330. The Kier molecular flexibility index (Phi) is 10.1. The molecular weight excluding hydrogens is 316 g/mol. The number of hydrogen-bond donors (Lipinski definition) is 2. The zero-order chi connectivity index (χ0) is 18.7. The number of hydrogen-bond acceptors (Lipinski definition) is 3. The van der Waals surface area contributed by atoms with Gasteiger partial charge in [0.05, 0.1) is 6.61 Å². The Labute approximate surface area is 152 Å². The molecule has 2 amide bonds. The second-order valence-corrected chi connectivity index (χ2v) is 7.17. The van der Waals surface area contributed by atoms with Crippen LogP contribution in [0.4, 0.5) is 4.79 Å². The van der Waals surface area contributed by atoms with Crippen LogP contribution in [0.25, 0.3) is 0 Å². The molecule has 0 heterocycles. The highest BCUT2D eigenvalue weighted by atomic mass is 16.5. The van der Waals surface area contributed by atoms with Gasteiger partial charge in [0.1, 0.15) is 0 Å². The molecule has 1 aliphatic rings. The fraction of sp³-hybridized carbons (Fsp3) is 0.800. The van der Waals surface area contributed by atoms with Crippen molar-refractivity contribution < 1.29 is 14.3 Å². The Bertz CT molecular complexity index is 479. The Morgan fingerprint density at radius 2 is 1.84 bits per heavy atom. The maximum absolute atomic E-state index is 11.7. The van der Waals surface area contributed by atoms with Crippen molar-refractivity contribution in [2.24, 2.45) is 23.7 Å². The highest BCUT2D eigenvalue weighted by Crippen LogP contribution is 2.51. The van der Waals surface area contributed by atoms with Crippen LogP contribution in [0.3, 0.4) is 0 Å². The van der Waals surface area contributed by atoms with Gasteiger partial charge in [-0.15, -0.1) is 11.8 Å². The minimum atomic E-state index is -0.398. The van der Waals surface area contributed by atoms with E-state index in [1.165, 1.54) is 0 Å². The molecule has 1 rings (SSSR count). The number of carbonyl (C=O) groups excluding carboxylic acids is 2. The zero-order valence-corrected chi connectivity index (χ0v) is 16.2. The average molecular weight is 351 g/mol. The molecular formula is C20H34N2O3. The predicted octanol–water partition coefficient (Wildman–Crippen LogP) is 3.34. The van der Waals surface area contributed by atoms with E-state index in [0.29, 0.717) is 49.8 Å². The molecule has 3 atom stereocenters. The molecule has 1 fully saturated rings. The summed E-state index contributed by atoms with van der Waals surface area (Å²) in [7, 11) is 0. The fourth-order valence-corrected chi connectivity index (χ4v) is 3.27. The lowest BCUT2D eigenvalue weighted by Gasteiger charge is -2.09. The first-order valence-electron chi connectivity index (χ1n) is 9.56. The van der Waals surface area contributed by atoms with E-state index < -0.39 is 6.09 Å². The second kappa shape index (κ2) is 11.8. The van der Waals surface area contributed by atoms with E-state index in [4.69, 9.17) is 4.74 Å². The number of rotatable bonds is 11. The van der Waals surface area contributed by atoms with Gasteiger partial charge in [-0.05, 0) is 43.4 Å². The summed E-state index contributed by atoms with van der Waals surface area (Å²) in [5.74, 6) is 8.35. The van der Waals surface area contributed by atoms with Crippen LogP contribution in [-0.2, 0) is 9.53 Å². The van der Waals surface area contributed by atoms with Gasteiger partial charge in [-0.2, -0.15) is 0 Å². The van der Waals surface area contributed by atoms with Crippen molar-refractivity contribution in [2.75, 3.05) is 19.7 Å². The molecule has 0 saturated heterocycles. The normalized spacial score (nSPS) is 21.2. The van der Waals surface area contributed by atoms with Gasteiger partial charge in [-0.3, -0.25) is 4.79 Å². The lowest BCUT2D eigenvalue weighted by Crippen LogP contribution is -2.35. The summed E-state index contributed by atoms with van der Waals surface area (Å²) in [6.07, 6.45) is 4.17. The Balaban J connectivity index is 2.08. The molecule has 5 nitrogen and oxygen atoms in total. The summed E-state index contributed by atoms with van der Waals surface area (Å²) in [6, 6.07) is 0. The largest absolute Gasteiger partial charge is 0.449 e. The molecule has 0 aromatic rings. The van der Waals surface area contributed by atoms with E-state index in [-0.39, 0.29) is 5.91 Å². The van der Waals surface area contributed by atoms with E-state index in [9.17, 15) is 9.59 Å². The highest BCUT2D eigenvalue weighted by Gasteiger charge is 2.48. The van der Waals surface area contributed by atoms with Crippen LogP contribution in [-0.4, -0.2) is 31.7 Å². The lowest BCUT2D eigenvalue weighted by molar-refractivity contribution is -0.121. The second-order valence-electron chi connectivity index (χ2n) is 7.17. The Morgan fingerprint density at radius 3 is 2.48 bits per heavy atom. The number of ether oxygens (including phenoxy) is 1. The molecule has 5 heteroatoms. The minimum Gasteiger partial charge on any atom is -0.449 e. The first kappa shape index (κ1) is 21.3. The fourth-order valence-electron chi connectivity index (χ4n) is 3.27. The smallest absolute Gasteiger partial charge is 0.407 e. The first-order chi connectivity index (χ1) is 12.0. The quantitative estimate of drug-likeness (QED) is 0.444. The van der Waals surface area contributed by atoms with Crippen LogP contribution in [0, 0.1) is 35.5 Å². The summed E-state index contributed by atoms with van der Waals surface area (Å²) in [5.41, 5.74) is 0. The van der Waals surface area contributed by atoms with E-state index in [1.807, 2.05) is 6.92 Å². The third kappa shape index (κ3) is 8.81. The van der Waals surface area contributed by atoms with Crippen molar-refractivity contribution in [3.63, 3.8) is 0 Å². The summed E-state index contributed by atoms with van der Waals surface area (Å²) in [5, 5.41) is 5.49. The molecule has 1 aliphatic carbocycles. The monoisotopic (exact) mass is 350 g/mol. The molecule has 1 saturated carbocycles. The van der Waals surface area contributed by atoms with Crippen LogP contribution in [0.15, 0.2) is 0 Å². The molecule has 2 unspecified atom stereocenters. The maximum Gasteiger partial charge on any atom is 0.407 e. The third-order valence-electron chi connectivity index (χ3n) is 4.83. The summed E-state index contributed by atoms with van der Waals surface area (Å²) >= 11 is 0. The summed E-state index contributed by atoms with van der Waals surface area (Å²) < 4.78 is 5.32. The number of amides is 2. The van der Waals surface area contributed by atoms with Crippen molar-refractivity contribution >= 4 is 12.0 Å². The Morgan fingerprint density at radius 1 is 1.12 bits per heavy atom. The van der Waals surface area contributed by atoms with Gasteiger partial charge in [0.15, 0.2) is 0 Å². The molecule has 0 aromatic carbocycles. The van der Waals surface area contributed by atoms with Gasteiger partial charge in [0.25, 0.3) is 0 Å². The molecule has 0 aromatic heterocycles. The van der Waals surface area contributed by atoms with E-state index >= 15 is 0 Å². The van der Waals surface area contributed by atoms with Crippen molar-refractivity contribution in [1.29, 1.82) is 0 Å². The molecule has 142 valence electrons. The number of alkyl carbamates (subject to hydrolysis) is 1. The van der Waals surface area contributed by atoms with Gasteiger partial charge in [0, 0.05) is 25.9 Å². The average Bonchev–Trinajstić information content (AvgIpc) is 3.27. The van der Waals surface area contributed by atoms with Gasteiger partial charge >= 0.3 is 6.09 Å². The van der Waals surface area contributed by atoms with Gasteiger partial charge < -0.3 is 15.4 Å². The van der Waals surface area contributed by atoms with E-state index in [2.05, 4.69) is 43.2 Å².